The molecule has 0 fully saturated rings. The zero-order chi connectivity index (χ0) is 18.6. The molecule has 0 amide bonds. The maximum absolute atomic E-state index is 5.54. The Balaban J connectivity index is 1.59. The van der Waals surface area contributed by atoms with Crippen LogP contribution in [0.5, 0.6) is 11.5 Å². The van der Waals surface area contributed by atoms with Crippen LogP contribution in [0.25, 0.3) is 17.5 Å². The van der Waals surface area contributed by atoms with Crippen LogP contribution in [0.3, 0.4) is 0 Å². The Kier molecular flexibility index (Phi) is 4.66. The van der Waals surface area contributed by atoms with Gasteiger partial charge in [-0.3, -0.25) is 4.99 Å². The number of aromatic nitrogens is 2. The van der Waals surface area contributed by atoms with Crippen LogP contribution in [0.4, 0.5) is 0 Å². The fourth-order valence-electron chi connectivity index (χ4n) is 3.13. The second-order valence-corrected chi connectivity index (χ2v) is 6.27. The highest BCUT2D eigenvalue weighted by atomic mass is 16.5. The molecule has 3 aromatic rings. The maximum Gasteiger partial charge on any atom is 0.144 e. The number of H-pyrrole nitrogens is 2. The minimum absolute atomic E-state index is 0.790. The first-order valence-electron chi connectivity index (χ1n) is 8.76. The van der Waals surface area contributed by atoms with Gasteiger partial charge in [-0.2, -0.15) is 0 Å². The molecule has 0 bridgehead atoms. The van der Waals surface area contributed by atoms with Gasteiger partial charge in [0, 0.05) is 18.5 Å². The minimum Gasteiger partial charge on any atom is -0.497 e. The number of ether oxygens (including phenoxy) is 2. The van der Waals surface area contributed by atoms with Crippen LogP contribution in [-0.2, 0) is 6.42 Å². The second kappa shape index (κ2) is 7.41. The van der Waals surface area contributed by atoms with E-state index in [-0.39, 0.29) is 0 Å². The Labute approximate surface area is 158 Å². The molecule has 2 aromatic heterocycles. The van der Waals surface area contributed by atoms with E-state index in [9.17, 15) is 0 Å². The quantitative estimate of drug-likeness (QED) is 0.674. The van der Waals surface area contributed by atoms with Crippen LogP contribution < -0.4 is 9.47 Å². The fraction of sp³-hybridized carbons (Fsp3) is 0.136. The van der Waals surface area contributed by atoms with Crippen molar-refractivity contribution in [2.24, 2.45) is 4.99 Å². The summed E-state index contributed by atoms with van der Waals surface area (Å²) in [6, 6.07) is 14.1. The summed E-state index contributed by atoms with van der Waals surface area (Å²) >= 11 is 0. The summed E-state index contributed by atoms with van der Waals surface area (Å²) < 4.78 is 10.8. The molecule has 5 heteroatoms. The smallest absolute Gasteiger partial charge is 0.144 e. The predicted octanol–water partition coefficient (Wildman–Crippen LogP) is 4.62. The Morgan fingerprint density at radius 3 is 2.59 bits per heavy atom. The van der Waals surface area contributed by atoms with Crippen LogP contribution in [-0.4, -0.2) is 30.4 Å². The molecule has 0 aliphatic carbocycles. The van der Waals surface area contributed by atoms with Crippen LogP contribution in [0, 0.1) is 0 Å². The van der Waals surface area contributed by atoms with Crippen LogP contribution in [0.1, 0.15) is 11.3 Å². The highest BCUT2D eigenvalue weighted by Gasteiger charge is 2.14. The van der Waals surface area contributed by atoms with Crippen LogP contribution in [0.15, 0.2) is 71.0 Å². The number of nitrogens with one attached hydrogen (secondary N) is 2. The van der Waals surface area contributed by atoms with E-state index in [1.807, 2.05) is 48.8 Å². The zero-order valence-electron chi connectivity index (χ0n) is 15.3. The maximum atomic E-state index is 5.54. The Hall–Kier alpha value is -3.47. The van der Waals surface area contributed by atoms with Gasteiger partial charge in [0.2, 0.25) is 0 Å². The summed E-state index contributed by atoms with van der Waals surface area (Å²) in [5, 5.41) is 0. The predicted molar refractivity (Wildman–Crippen MR) is 108 cm³/mol. The molecule has 0 saturated carbocycles. The van der Waals surface area contributed by atoms with Crippen molar-refractivity contribution in [3.05, 3.63) is 77.3 Å². The summed E-state index contributed by atoms with van der Waals surface area (Å²) in [6.45, 7) is 0. The minimum atomic E-state index is 0.790. The number of methoxy groups -OCH3 is 2. The van der Waals surface area contributed by atoms with Crippen molar-refractivity contribution in [1.29, 1.82) is 0 Å². The standard InChI is InChI=1S/C22H21N3O2/c1-26-17-7-5-15(6-8-17)12-16-9-11-24-19(16)13-21-22(27-2)14-20(25-21)18-4-3-10-23-18/h3-11,13-14,23,25H,12H2,1-2H3. The van der Waals surface area contributed by atoms with Crippen molar-refractivity contribution in [2.75, 3.05) is 14.2 Å². The fourth-order valence-corrected chi connectivity index (χ4v) is 3.13. The third kappa shape index (κ3) is 3.58. The lowest BCUT2D eigenvalue weighted by Gasteiger charge is -2.06. The van der Waals surface area contributed by atoms with E-state index in [1.54, 1.807) is 14.2 Å². The Morgan fingerprint density at radius 1 is 1.04 bits per heavy atom. The molecular weight excluding hydrogens is 338 g/mol. The number of aliphatic imine (C=N–C) groups is 1. The normalized spacial score (nSPS) is 14.6. The van der Waals surface area contributed by atoms with Gasteiger partial charge < -0.3 is 19.4 Å². The van der Waals surface area contributed by atoms with Gasteiger partial charge in [-0.25, -0.2) is 0 Å². The van der Waals surface area contributed by atoms with Gasteiger partial charge in [-0.05, 0) is 54.0 Å². The Bertz CT molecular complexity index is 1010. The molecule has 27 heavy (non-hydrogen) atoms. The monoisotopic (exact) mass is 359 g/mol. The van der Waals surface area contributed by atoms with Crippen molar-refractivity contribution in [2.45, 2.75) is 6.42 Å². The van der Waals surface area contributed by atoms with Gasteiger partial charge in [0.05, 0.1) is 37.0 Å². The number of hydrogen-bond acceptors (Lipinski definition) is 3. The largest absolute Gasteiger partial charge is 0.497 e. The molecule has 0 spiro atoms. The van der Waals surface area contributed by atoms with Gasteiger partial charge in [-0.15, -0.1) is 0 Å². The number of benzene rings is 1. The molecular formula is C22H21N3O2. The SMILES string of the molecule is COc1ccc(CC2=CC=NC2=Cc2[nH]c(-c3ccc[nH]3)cc2OC)cc1. The van der Waals surface area contributed by atoms with Crippen molar-refractivity contribution in [3.8, 4) is 22.9 Å². The van der Waals surface area contributed by atoms with Gasteiger partial charge in [0.15, 0.2) is 0 Å². The molecule has 136 valence electrons. The van der Waals surface area contributed by atoms with Gasteiger partial charge >= 0.3 is 0 Å². The molecule has 4 rings (SSSR count). The molecule has 0 radical (unpaired) electrons. The molecule has 1 aliphatic heterocycles. The van der Waals surface area contributed by atoms with Crippen molar-refractivity contribution >= 4 is 12.3 Å². The molecule has 1 aromatic carbocycles. The molecule has 0 unspecified atom stereocenters. The van der Waals surface area contributed by atoms with E-state index in [0.29, 0.717) is 0 Å². The second-order valence-electron chi connectivity index (χ2n) is 6.27. The van der Waals surface area contributed by atoms with E-state index in [0.717, 1.165) is 40.7 Å². The Morgan fingerprint density at radius 2 is 1.89 bits per heavy atom. The summed E-state index contributed by atoms with van der Waals surface area (Å²) in [6.07, 6.45) is 8.63. The van der Waals surface area contributed by atoms with Crippen LogP contribution >= 0.6 is 0 Å². The summed E-state index contributed by atoms with van der Waals surface area (Å²) in [7, 11) is 3.35. The average Bonchev–Trinajstić information content (AvgIpc) is 3.44. The first kappa shape index (κ1) is 17.0. The van der Waals surface area contributed by atoms with Crippen molar-refractivity contribution < 1.29 is 9.47 Å². The third-order valence-corrected chi connectivity index (χ3v) is 4.57. The zero-order valence-corrected chi connectivity index (χ0v) is 15.3. The van der Waals surface area contributed by atoms with Crippen molar-refractivity contribution in [3.63, 3.8) is 0 Å². The summed E-state index contributed by atoms with van der Waals surface area (Å²) in [4.78, 5) is 11.1. The number of nitrogens with zero attached hydrogens (tertiary/aromatic N) is 1. The molecule has 0 saturated heterocycles. The van der Waals surface area contributed by atoms with Gasteiger partial charge in [0.1, 0.15) is 11.5 Å². The first-order chi connectivity index (χ1) is 13.3. The molecule has 1 aliphatic rings. The van der Waals surface area contributed by atoms with E-state index in [1.165, 1.54) is 11.1 Å². The lowest BCUT2D eigenvalue weighted by Crippen LogP contribution is -1.92. The van der Waals surface area contributed by atoms with Crippen LogP contribution in [0.2, 0.25) is 0 Å². The molecule has 0 atom stereocenters. The topological polar surface area (TPSA) is 62.4 Å². The third-order valence-electron chi connectivity index (χ3n) is 4.57. The van der Waals surface area contributed by atoms with Crippen molar-refractivity contribution in [1.82, 2.24) is 9.97 Å². The van der Waals surface area contributed by atoms with E-state index >= 15 is 0 Å². The molecule has 3 heterocycles. The number of rotatable bonds is 6. The van der Waals surface area contributed by atoms with Gasteiger partial charge in [0.25, 0.3) is 0 Å². The summed E-state index contributed by atoms with van der Waals surface area (Å²) in [5.74, 6) is 1.65. The highest BCUT2D eigenvalue weighted by molar-refractivity contribution is 5.83. The van der Waals surface area contributed by atoms with E-state index in [2.05, 4.69) is 33.2 Å². The summed E-state index contributed by atoms with van der Waals surface area (Å²) in [5.41, 5.74) is 6.20. The molecule has 5 nitrogen and oxygen atoms in total. The molecule has 2 N–H and O–H groups in total. The first-order valence-corrected chi connectivity index (χ1v) is 8.76. The highest BCUT2D eigenvalue weighted by Crippen LogP contribution is 2.31. The van der Waals surface area contributed by atoms with E-state index < -0.39 is 0 Å². The van der Waals surface area contributed by atoms with Gasteiger partial charge in [-0.1, -0.05) is 12.1 Å². The number of aromatic amines is 2. The lowest BCUT2D eigenvalue weighted by atomic mass is 10.0. The average molecular weight is 359 g/mol. The van der Waals surface area contributed by atoms with E-state index in [4.69, 9.17) is 9.47 Å². The number of allylic oxidation sites excluding steroid dienone is 2. The lowest BCUT2D eigenvalue weighted by molar-refractivity contribution is 0.414. The number of hydrogen-bond donors (Lipinski definition) is 2.